The summed E-state index contributed by atoms with van der Waals surface area (Å²) in [4.78, 5) is 4.20. The molecule has 1 fully saturated rings. The van der Waals surface area contributed by atoms with Crippen LogP contribution in [0, 0.1) is 11.3 Å². The molecule has 21 heavy (non-hydrogen) atoms. The molecule has 1 saturated heterocycles. The van der Waals surface area contributed by atoms with Crippen molar-refractivity contribution in [1.29, 1.82) is 0 Å². The number of hydrogen-bond acceptors (Lipinski definition) is 3. The lowest BCUT2D eigenvalue weighted by molar-refractivity contribution is 0.205. The Labute approximate surface area is 130 Å². The lowest BCUT2D eigenvalue weighted by Gasteiger charge is -2.34. The summed E-state index contributed by atoms with van der Waals surface area (Å²) in [7, 11) is 0. The summed E-state index contributed by atoms with van der Waals surface area (Å²) in [5, 5.41) is 7.24. The van der Waals surface area contributed by atoms with Crippen molar-refractivity contribution in [3.8, 4) is 0 Å². The van der Waals surface area contributed by atoms with Gasteiger partial charge >= 0.3 is 0 Å². The van der Waals surface area contributed by atoms with Gasteiger partial charge in [0, 0.05) is 18.2 Å². The summed E-state index contributed by atoms with van der Waals surface area (Å²) < 4.78 is 0. The number of aromatic nitrogens is 1. The molecule has 0 bridgehead atoms. The van der Waals surface area contributed by atoms with E-state index in [2.05, 4.69) is 49.4 Å². The summed E-state index contributed by atoms with van der Waals surface area (Å²) in [5.74, 6) is 1.23. The van der Waals surface area contributed by atoms with E-state index in [0.29, 0.717) is 29.5 Å². The summed E-state index contributed by atoms with van der Waals surface area (Å²) in [6, 6.07) is 2.73. The van der Waals surface area contributed by atoms with E-state index in [1.807, 2.05) is 40.1 Å². The molecule has 3 nitrogen and oxygen atoms in total. The van der Waals surface area contributed by atoms with Crippen LogP contribution >= 0.6 is 0 Å². The highest BCUT2D eigenvalue weighted by Gasteiger charge is 2.50. The molecule has 3 rings (SSSR count). The highest BCUT2D eigenvalue weighted by atomic mass is 15.2. The van der Waals surface area contributed by atoms with Gasteiger partial charge in [-0.25, -0.2) is 0 Å². The van der Waals surface area contributed by atoms with Gasteiger partial charge < -0.3 is 5.32 Å². The highest BCUT2D eigenvalue weighted by Crippen LogP contribution is 2.50. The monoisotopic (exact) mass is 291 g/mol. The Morgan fingerprint density at radius 1 is 1.10 bits per heavy atom. The Bertz CT molecular complexity index is 436. The molecule has 0 aromatic carbocycles. The Kier molecular flexibility index (Phi) is 6.21. The van der Waals surface area contributed by atoms with E-state index in [4.69, 9.17) is 0 Å². The molecular weight excluding hydrogens is 258 g/mol. The van der Waals surface area contributed by atoms with E-state index in [1.165, 1.54) is 11.3 Å². The Balaban J connectivity index is 0.000000510. The molecule has 0 spiro atoms. The van der Waals surface area contributed by atoms with Gasteiger partial charge in [0.15, 0.2) is 0 Å². The van der Waals surface area contributed by atoms with E-state index in [9.17, 15) is 0 Å². The van der Waals surface area contributed by atoms with Gasteiger partial charge in [0.1, 0.15) is 0 Å². The smallest absolute Gasteiger partial charge is 0.0845 e. The summed E-state index contributed by atoms with van der Waals surface area (Å²) in [6.45, 7) is 17.3. The molecule has 0 aliphatic carbocycles. The molecule has 2 aliphatic rings. The molecule has 0 radical (unpaired) electrons. The fraction of sp³-hybridized carbons (Fsp3) is 0.722. The van der Waals surface area contributed by atoms with Crippen LogP contribution in [0.2, 0.25) is 0 Å². The molecule has 4 unspecified atom stereocenters. The maximum absolute atomic E-state index is 4.20. The van der Waals surface area contributed by atoms with Crippen molar-refractivity contribution < 1.29 is 0 Å². The lowest BCUT2D eigenvalue weighted by Crippen LogP contribution is -2.35. The Hall–Kier alpha value is -1.09. The first-order valence-corrected chi connectivity index (χ1v) is 8.45. The molecular formula is C18H33N3. The van der Waals surface area contributed by atoms with Crippen molar-refractivity contribution in [2.45, 2.75) is 73.5 Å². The first-order chi connectivity index (χ1) is 9.98. The summed E-state index contributed by atoms with van der Waals surface area (Å²) in [6.07, 6.45) is 4.24. The number of hydrogen-bond donors (Lipinski definition) is 2. The molecule has 2 N–H and O–H groups in total. The SMILES string of the molecule is CC.CC.CC1NC2Nc3cnccc3C2C1C(C)(C)C. The van der Waals surface area contributed by atoms with Gasteiger partial charge in [-0.1, -0.05) is 48.5 Å². The van der Waals surface area contributed by atoms with Gasteiger partial charge in [0.25, 0.3) is 0 Å². The maximum atomic E-state index is 4.20. The van der Waals surface area contributed by atoms with Crippen LogP contribution in [-0.2, 0) is 0 Å². The van der Waals surface area contributed by atoms with Crippen molar-refractivity contribution in [1.82, 2.24) is 10.3 Å². The molecule has 2 aliphatic heterocycles. The van der Waals surface area contributed by atoms with Crippen LogP contribution in [0.5, 0.6) is 0 Å². The molecule has 1 aromatic rings. The number of pyridine rings is 1. The van der Waals surface area contributed by atoms with Gasteiger partial charge in [-0.15, -0.1) is 0 Å². The maximum Gasteiger partial charge on any atom is 0.0845 e. The van der Waals surface area contributed by atoms with E-state index in [0.717, 1.165) is 0 Å². The van der Waals surface area contributed by atoms with Crippen molar-refractivity contribution in [3.05, 3.63) is 24.0 Å². The molecule has 3 heterocycles. The fourth-order valence-electron chi connectivity index (χ4n) is 3.79. The Morgan fingerprint density at radius 2 is 1.71 bits per heavy atom. The van der Waals surface area contributed by atoms with Crippen LogP contribution in [0.3, 0.4) is 0 Å². The zero-order valence-corrected chi connectivity index (χ0v) is 15.0. The quantitative estimate of drug-likeness (QED) is 0.732. The highest BCUT2D eigenvalue weighted by molar-refractivity contribution is 5.58. The second-order valence-electron chi connectivity index (χ2n) is 6.46. The largest absolute Gasteiger partial charge is 0.368 e. The number of anilines is 1. The van der Waals surface area contributed by atoms with E-state index in [1.54, 1.807) is 0 Å². The third kappa shape index (κ3) is 3.39. The predicted molar refractivity (Wildman–Crippen MR) is 92.6 cm³/mol. The minimum atomic E-state index is 0.318. The second kappa shape index (κ2) is 7.26. The first kappa shape index (κ1) is 18.0. The summed E-state index contributed by atoms with van der Waals surface area (Å²) in [5.41, 5.74) is 2.95. The van der Waals surface area contributed by atoms with E-state index >= 15 is 0 Å². The van der Waals surface area contributed by atoms with Crippen molar-refractivity contribution in [2.24, 2.45) is 11.3 Å². The lowest BCUT2D eigenvalue weighted by atomic mass is 9.70. The van der Waals surface area contributed by atoms with Crippen LogP contribution in [0.15, 0.2) is 18.5 Å². The second-order valence-corrected chi connectivity index (χ2v) is 6.46. The van der Waals surface area contributed by atoms with Crippen LogP contribution < -0.4 is 10.6 Å². The average Bonchev–Trinajstić information content (AvgIpc) is 2.96. The van der Waals surface area contributed by atoms with Crippen LogP contribution in [0.4, 0.5) is 5.69 Å². The Morgan fingerprint density at radius 3 is 2.29 bits per heavy atom. The molecule has 3 heteroatoms. The number of nitrogens with one attached hydrogen (secondary N) is 2. The van der Waals surface area contributed by atoms with Gasteiger partial charge in [0.05, 0.1) is 18.1 Å². The first-order valence-electron chi connectivity index (χ1n) is 8.45. The average molecular weight is 291 g/mol. The van der Waals surface area contributed by atoms with Crippen molar-refractivity contribution in [3.63, 3.8) is 0 Å². The van der Waals surface area contributed by atoms with Crippen LogP contribution in [0.25, 0.3) is 0 Å². The van der Waals surface area contributed by atoms with Gasteiger partial charge in [0.2, 0.25) is 0 Å². The normalized spacial score (nSPS) is 29.1. The zero-order valence-electron chi connectivity index (χ0n) is 15.0. The molecule has 4 atom stereocenters. The number of nitrogens with zero attached hydrogens (tertiary/aromatic N) is 1. The van der Waals surface area contributed by atoms with E-state index in [-0.39, 0.29) is 0 Å². The summed E-state index contributed by atoms with van der Waals surface area (Å²) >= 11 is 0. The van der Waals surface area contributed by atoms with Gasteiger partial charge in [-0.3, -0.25) is 10.3 Å². The minimum absolute atomic E-state index is 0.318. The number of rotatable bonds is 0. The standard InChI is InChI=1S/C14H21N3.2C2H6/c1-8-12(14(2,3)4)11-9-5-6-15-7-10(9)17-13(11)16-8;2*1-2/h5-8,11-13,16-17H,1-4H3;2*1-2H3. The predicted octanol–water partition coefficient (Wildman–Crippen LogP) is 4.62. The van der Waals surface area contributed by atoms with Crippen LogP contribution in [-0.4, -0.2) is 17.2 Å². The van der Waals surface area contributed by atoms with Crippen LogP contribution in [0.1, 0.15) is 66.9 Å². The third-order valence-electron chi connectivity index (χ3n) is 4.25. The number of fused-ring (bicyclic) bond motifs is 3. The zero-order chi connectivity index (χ0) is 16.2. The topological polar surface area (TPSA) is 37.0 Å². The molecule has 1 aromatic heterocycles. The van der Waals surface area contributed by atoms with Gasteiger partial charge in [-0.2, -0.15) is 0 Å². The molecule has 0 amide bonds. The third-order valence-corrected chi connectivity index (χ3v) is 4.25. The van der Waals surface area contributed by atoms with Gasteiger partial charge in [-0.05, 0) is 29.9 Å². The fourth-order valence-corrected chi connectivity index (χ4v) is 3.79. The van der Waals surface area contributed by atoms with Crippen molar-refractivity contribution in [2.75, 3.05) is 5.32 Å². The molecule has 120 valence electrons. The van der Waals surface area contributed by atoms with E-state index < -0.39 is 0 Å². The minimum Gasteiger partial charge on any atom is -0.368 e. The van der Waals surface area contributed by atoms with Crippen molar-refractivity contribution >= 4 is 5.69 Å². The molecule has 0 saturated carbocycles.